The minimum atomic E-state index is 0.0446. The number of nitrogens with zero attached hydrogens (tertiary/aromatic N) is 1. The number of nitrogens with one attached hydrogen (secondary N) is 1. The lowest BCUT2D eigenvalue weighted by Gasteiger charge is -2.11. The predicted molar refractivity (Wildman–Crippen MR) is 84.1 cm³/mol. The normalized spacial score (nSPS) is 10.4. The zero-order chi connectivity index (χ0) is 15.1. The molecule has 0 spiro atoms. The molecule has 1 heterocycles. The summed E-state index contributed by atoms with van der Waals surface area (Å²) in [4.78, 5) is 4.36. The van der Waals surface area contributed by atoms with Crippen LogP contribution in [0.2, 0.25) is 0 Å². The van der Waals surface area contributed by atoms with Crippen LogP contribution >= 0.6 is 0 Å². The molecule has 5 nitrogen and oxygen atoms in total. The second-order valence-electron chi connectivity index (χ2n) is 4.77. The summed E-state index contributed by atoms with van der Waals surface area (Å²) in [6.07, 6.45) is 0.909. The maximum atomic E-state index is 9.13. The average molecular weight is 287 g/mol. The van der Waals surface area contributed by atoms with E-state index < -0.39 is 0 Å². The molecule has 0 bridgehead atoms. The molecule has 1 aromatic carbocycles. The van der Waals surface area contributed by atoms with E-state index in [1.54, 1.807) is 6.07 Å². The largest absolute Gasteiger partial charge is 0.476 e. The molecule has 0 unspecified atom stereocenters. The molecule has 1 aromatic heterocycles. The summed E-state index contributed by atoms with van der Waals surface area (Å²) in [6.45, 7) is 3.30. The van der Waals surface area contributed by atoms with Gasteiger partial charge in [-0.05, 0) is 29.7 Å². The van der Waals surface area contributed by atoms with Crippen molar-refractivity contribution in [2.45, 2.75) is 26.5 Å². The molecule has 0 atom stereocenters. The summed E-state index contributed by atoms with van der Waals surface area (Å²) < 4.78 is 5.51. The van der Waals surface area contributed by atoms with Crippen LogP contribution in [0.1, 0.15) is 24.5 Å². The summed E-state index contributed by atoms with van der Waals surface area (Å²) in [7, 11) is 0. The molecule has 21 heavy (non-hydrogen) atoms. The number of aliphatic hydroxyl groups is 1. The van der Waals surface area contributed by atoms with Crippen molar-refractivity contribution in [3.63, 3.8) is 0 Å². The Morgan fingerprint density at radius 2 is 2.05 bits per heavy atom. The molecule has 0 aliphatic rings. The van der Waals surface area contributed by atoms with Crippen molar-refractivity contribution in [2.24, 2.45) is 0 Å². The van der Waals surface area contributed by atoms with Crippen LogP contribution in [0.25, 0.3) is 0 Å². The lowest BCUT2D eigenvalue weighted by Crippen LogP contribution is -2.06. The van der Waals surface area contributed by atoms with Crippen molar-refractivity contribution in [2.75, 3.05) is 17.7 Å². The fourth-order valence-electron chi connectivity index (χ4n) is 1.89. The number of aliphatic hydroxyl groups excluding tert-OH is 1. The van der Waals surface area contributed by atoms with Crippen molar-refractivity contribution in [1.82, 2.24) is 4.98 Å². The smallest absolute Gasteiger partial charge is 0.239 e. The van der Waals surface area contributed by atoms with Crippen molar-refractivity contribution in [3.05, 3.63) is 47.5 Å². The Balaban J connectivity index is 2.02. The lowest BCUT2D eigenvalue weighted by molar-refractivity contribution is 0.281. The van der Waals surface area contributed by atoms with Gasteiger partial charge >= 0.3 is 0 Å². The van der Waals surface area contributed by atoms with E-state index in [9.17, 15) is 0 Å². The monoisotopic (exact) mass is 287 g/mol. The maximum Gasteiger partial charge on any atom is 0.239 e. The van der Waals surface area contributed by atoms with Crippen molar-refractivity contribution in [1.29, 1.82) is 0 Å². The van der Waals surface area contributed by atoms with E-state index in [0.717, 1.165) is 17.5 Å². The third-order valence-electron chi connectivity index (χ3n) is 2.98. The van der Waals surface area contributed by atoms with Gasteiger partial charge in [-0.25, -0.2) is 0 Å². The number of hydrogen-bond donors (Lipinski definition) is 3. The zero-order valence-electron chi connectivity index (χ0n) is 12.2. The van der Waals surface area contributed by atoms with Gasteiger partial charge in [-0.15, -0.1) is 0 Å². The standard InChI is InChI=1S/C16H21N3O2/c1-2-8-21-16-14(17)6-7-15(19-16)18-10-12-4-3-5-13(9-12)11-20/h3-7,9,20H,2,8,10-11,17H2,1H3,(H,18,19). The van der Waals surface area contributed by atoms with Crippen LogP contribution in [0.5, 0.6) is 5.88 Å². The third-order valence-corrected chi connectivity index (χ3v) is 2.98. The molecule has 0 aliphatic carbocycles. The molecular weight excluding hydrogens is 266 g/mol. The lowest BCUT2D eigenvalue weighted by atomic mass is 10.1. The van der Waals surface area contributed by atoms with Crippen LogP contribution in [-0.2, 0) is 13.2 Å². The third kappa shape index (κ3) is 4.36. The Bertz CT molecular complexity index is 587. The first kappa shape index (κ1) is 15.1. The number of rotatable bonds is 7. The van der Waals surface area contributed by atoms with E-state index in [0.29, 0.717) is 30.5 Å². The highest BCUT2D eigenvalue weighted by Crippen LogP contribution is 2.21. The van der Waals surface area contributed by atoms with Crippen molar-refractivity contribution < 1.29 is 9.84 Å². The van der Waals surface area contributed by atoms with Crippen LogP contribution in [0.3, 0.4) is 0 Å². The van der Waals surface area contributed by atoms with Crippen LogP contribution in [0.4, 0.5) is 11.5 Å². The summed E-state index contributed by atoms with van der Waals surface area (Å²) >= 11 is 0. The first-order chi connectivity index (χ1) is 10.2. The molecule has 0 radical (unpaired) electrons. The SMILES string of the molecule is CCCOc1nc(NCc2cccc(CO)c2)ccc1N. The minimum absolute atomic E-state index is 0.0446. The molecule has 2 rings (SSSR count). The average Bonchev–Trinajstić information content (AvgIpc) is 2.53. The Morgan fingerprint density at radius 3 is 2.81 bits per heavy atom. The molecule has 2 aromatic rings. The fraction of sp³-hybridized carbons (Fsp3) is 0.312. The summed E-state index contributed by atoms with van der Waals surface area (Å²) in [5.41, 5.74) is 8.35. The number of pyridine rings is 1. The first-order valence-electron chi connectivity index (χ1n) is 7.04. The van der Waals surface area contributed by atoms with E-state index >= 15 is 0 Å². The van der Waals surface area contributed by atoms with Gasteiger partial charge in [0, 0.05) is 6.54 Å². The van der Waals surface area contributed by atoms with E-state index in [4.69, 9.17) is 15.6 Å². The highest BCUT2D eigenvalue weighted by molar-refractivity contribution is 5.53. The Morgan fingerprint density at radius 1 is 1.24 bits per heavy atom. The van der Waals surface area contributed by atoms with Crippen molar-refractivity contribution in [3.8, 4) is 5.88 Å². The molecule has 0 saturated carbocycles. The van der Waals surface area contributed by atoms with Gasteiger partial charge in [-0.2, -0.15) is 4.98 Å². The van der Waals surface area contributed by atoms with Gasteiger partial charge in [0.2, 0.25) is 5.88 Å². The minimum Gasteiger partial charge on any atom is -0.476 e. The van der Waals surface area contributed by atoms with Gasteiger partial charge in [-0.3, -0.25) is 0 Å². The van der Waals surface area contributed by atoms with Gasteiger partial charge < -0.3 is 20.9 Å². The summed E-state index contributed by atoms with van der Waals surface area (Å²) in [5, 5.41) is 12.4. The van der Waals surface area contributed by atoms with Gasteiger partial charge in [-0.1, -0.05) is 31.2 Å². The summed E-state index contributed by atoms with van der Waals surface area (Å²) in [6, 6.07) is 11.4. The van der Waals surface area contributed by atoms with Crippen LogP contribution < -0.4 is 15.8 Å². The molecule has 0 amide bonds. The van der Waals surface area contributed by atoms with Crippen LogP contribution in [0, 0.1) is 0 Å². The number of ether oxygens (including phenoxy) is 1. The highest BCUT2D eigenvalue weighted by atomic mass is 16.5. The van der Waals surface area contributed by atoms with Gasteiger partial charge in [0.25, 0.3) is 0 Å². The second-order valence-corrected chi connectivity index (χ2v) is 4.77. The first-order valence-corrected chi connectivity index (χ1v) is 7.04. The number of anilines is 2. The van der Waals surface area contributed by atoms with Gasteiger partial charge in [0.05, 0.1) is 18.9 Å². The van der Waals surface area contributed by atoms with Crippen molar-refractivity contribution >= 4 is 11.5 Å². The Kier molecular flexibility index (Phi) is 5.40. The van der Waals surface area contributed by atoms with Crippen LogP contribution in [-0.4, -0.2) is 16.7 Å². The number of nitrogen functional groups attached to an aromatic ring is 1. The van der Waals surface area contributed by atoms with Gasteiger partial charge in [0.15, 0.2) is 0 Å². The summed E-state index contributed by atoms with van der Waals surface area (Å²) in [5.74, 6) is 1.18. The topological polar surface area (TPSA) is 80.4 Å². The quantitative estimate of drug-likeness (QED) is 0.729. The molecule has 0 fully saturated rings. The van der Waals surface area contributed by atoms with E-state index in [2.05, 4.69) is 10.3 Å². The number of benzene rings is 1. The maximum absolute atomic E-state index is 9.13. The van der Waals surface area contributed by atoms with E-state index in [1.165, 1.54) is 0 Å². The second kappa shape index (κ2) is 7.50. The number of aromatic nitrogens is 1. The Labute approximate surface area is 124 Å². The molecule has 112 valence electrons. The van der Waals surface area contributed by atoms with E-state index in [1.807, 2.05) is 37.3 Å². The zero-order valence-corrected chi connectivity index (χ0v) is 12.2. The van der Waals surface area contributed by atoms with Crippen LogP contribution in [0.15, 0.2) is 36.4 Å². The molecule has 0 saturated heterocycles. The molecule has 5 heteroatoms. The Hall–Kier alpha value is -2.27. The molecular formula is C16H21N3O2. The molecule has 4 N–H and O–H groups in total. The van der Waals surface area contributed by atoms with E-state index in [-0.39, 0.29) is 6.61 Å². The highest BCUT2D eigenvalue weighted by Gasteiger charge is 2.04. The number of nitrogens with two attached hydrogens (primary N) is 1. The number of hydrogen-bond acceptors (Lipinski definition) is 5. The predicted octanol–water partition coefficient (Wildman–Crippen LogP) is 2.56. The molecule has 0 aliphatic heterocycles. The fourth-order valence-corrected chi connectivity index (χ4v) is 1.89. The van der Waals surface area contributed by atoms with Gasteiger partial charge in [0.1, 0.15) is 5.82 Å².